The van der Waals surface area contributed by atoms with Crippen LogP contribution in [0.2, 0.25) is 0 Å². The first-order chi connectivity index (χ1) is 10.4. The first-order valence-electron chi connectivity index (χ1n) is 8.00. The zero-order chi connectivity index (χ0) is 16.3. The molecule has 2 rings (SSSR count). The van der Waals surface area contributed by atoms with Crippen molar-refractivity contribution in [1.29, 1.82) is 0 Å². The molecule has 3 atom stereocenters. The molecule has 1 fully saturated rings. The van der Waals surface area contributed by atoms with E-state index < -0.39 is 17.8 Å². The average Bonchev–Trinajstić information content (AvgIpc) is 2.49. The molecule has 2 N–H and O–H groups in total. The molecule has 0 bridgehead atoms. The summed E-state index contributed by atoms with van der Waals surface area (Å²) in [4.78, 5) is 23.9. The molecule has 0 aromatic heterocycles. The van der Waals surface area contributed by atoms with E-state index in [-0.39, 0.29) is 11.9 Å². The molecule has 0 aliphatic heterocycles. The molecule has 0 unspecified atom stereocenters. The van der Waals surface area contributed by atoms with Crippen LogP contribution in [0.25, 0.3) is 0 Å². The largest absolute Gasteiger partial charge is 0.481 e. The molecule has 1 aliphatic carbocycles. The highest BCUT2D eigenvalue weighted by atomic mass is 16.4. The van der Waals surface area contributed by atoms with Gasteiger partial charge in [0.2, 0.25) is 5.91 Å². The highest BCUT2D eigenvalue weighted by Gasteiger charge is 2.36. The van der Waals surface area contributed by atoms with Crippen molar-refractivity contribution in [1.82, 2.24) is 5.32 Å². The van der Waals surface area contributed by atoms with Crippen LogP contribution < -0.4 is 5.32 Å². The van der Waals surface area contributed by atoms with E-state index in [2.05, 4.69) is 17.4 Å². The van der Waals surface area contributed by atoms with Gasteiger partial charge in [-0.25, -0.2) is 0 Å². The van der Waals surface area contributed by atoms with E-state index in [9.17, 15) is 14.7 Å². The molecule has 0 spiro atoms. The van der Waals surface area contributed by atoms with E-state index in [0.717, 1.165) is 29.5 Å². The van der Waals surface area contributed by atoms with Crippen molar-refractivity contribution in [3.8, 4) is 0 Å². The van der Waals surface area contributed by atoms with Gasteiger partial charge in [0.15, 0.2) is 0 Å². The highest BCUT2D eigenvalue weighted by molar-refractivity contribution is 5.85. The molecule has 0 saturated heterocycles. The summed E-state index contributed by atoms with van der Waals surface area (Å²) < 4.78 is 0. The summed E-state index contributed by atoms with van der Waals surface area (Å²) in [5, 5.41) is 12.3. The number of rotatable bonds is 4. The number of carboxylic acids is 1. The van der Waals surface area contributed by atoms with Crippen molar-refractivity contribution in [2.45, 2.75) is 52.5 Å². The maximum atomic E-state index is 12.5. The number of aryl methyl sites for hydroxylation is 2. The van der Waals surface area contributed by atoms with Crippen LogP contribution in [0.5, 0.6) is 0 Å². The quantitative estimate of drug-likeness (QED) is 0.896. The summed E-state index contributed by atoms with van der Waals surface area (Å²) in [5.74, 6) is -1.92. The summed E-state index contributed by atoms with van der Waals surface area (Å²) in [6, 6.07) is 6.07. The van der Waals surface area contributed by atoms with E-state index in [0.29, 0.717) is 12.8 Å². The Hall–Kier alpha value is -1.84. The lowest BCUT2D eigenvalue weighted by Crippen LogP contribution is -2.40. The molecule has 0 radical (unpaired) electrons. The minimum Gasteiger partial charge on any atom is -0.481 e. The van der Waals surface area contributed by atoms with Gasteiger partial charge in [-0.3, -0.25) is 9.59 Å². The Morgan fingerprint density at radius 1 is 1.18 bits per heavy atom. The Morgan fingerprint density at radius 2 is 1.82 bits per heavy atom. The second-order valence-corrected chi connectivity index (χ2v) is 6.43. The molecular weight excluding hydrogens is 278 g/mol. The number of hydrogen-bond acceptors (Lipinski definition) is 2. The fraction of sp³-hybridized carbons (Fsp3) is 0.556. The van der Waals surface area contributed by atoms with E-state index in [1.165, 1.54) is 0 Å². The lowest BCUT2D eigenvalue weighted by Gasteiger charge is -2.29. The molecule has 4 nitrogen and oxygen atoms in total. The normalized spacial score (nSPS) is 22.9. The van der Waals surface area contributed by atoms with Crippen LogP contribution >= 0.6 is 0 Å². The smallest absolute Gasteiger partial charge is 0.307 e. The third kappa shape index (κ3) is 3.67. The van der Waals surface area contributed by atoms with Gasteiger partial charge in [0.25, 0.3) is 0 Å². The number of aliphatic carboxylic acids is 1. The van der Waals surface area contributed by atoms with Crippen LogP contribution in [0.3, 0.4) is 0 Å². The summed E-state index contributed by atoms with van der Waals surface area (Å²) >= 11 is 0. The summed E-state index contributed by atoms with van der Waals surface area (Å²) in [5.41, 5.74) is 3.38. The summed E-state index contributed by atoms with van der Waals surface area (Å²) in [6.45, 7) is 6.01. The molecule has 1 saturated carbocycles. The third-order valence-corrected chi connectivity index (χ3v) is 4.68. The highest BCUT2D eigenvalue weighted by Crippen LogP contribution is 2.31. The van der Waals surface area contributed by atoms with Gasteiger partial charge in [0, 0.05) is 0 Å². The monoisotopic (exact) mass is 303 g/mol. The van der Waals surface area contributed by atoms with Gasteiger partial charge >= 0.3 is 5.97 Å². The van der Waals surface area contributed by atoms with Crippen LogP contribution in [0.4, 0.5) is 0 Å². The minimum absolute atomic E-state index is 0.108. The lowest BCUT2D eigenvalue weighted by molar-refractivity contribution is -0.149. The summed E-state index contributed by atoms with van der Waals surface area (Å²) in [7, 11) is 0. The predicted molar refractivity (Wildman–Crippen MR) is 85.6 cm³/mol. The number of benzene rings is 1. The second kappa shape index (κ2) is 6.95. The molecule has 22 heavy (non-hydrogen) atoms. The number of hydrogen-bond donors (Lipinski definition) is 2. The van der Waals surface area contributed by atoms with Crippen molar-refractivity contribution in [2.75, 3.05) is 0 Å². The number of carboxylic acid groups (broad SMARTS) is 1. The SMILES string of the molecule is Cc1ccc(C)c([C@H](C)NC(=O)[C@H]2CCCC[C@H]2C(=O)O)c1. The predicted octanol–water partition coefficient (Wildman–Crippen LogP) is 3.37. The molecule has 120 valence electrons. The van der Waals surface area contributed by atoms with Crippen LogP contribution in [-0.4, -0.2) is 17.0 Å². The van der Waals surface area contributed by atoms with E-state index in [1.54, 1.807) is 0 Å². The number of carbonyl (C=O) groups excluding carboxylic acids is 1. The molecule has 4 heteroatoms. The van der Waals surface area contributed by atoms with Crippen LogP contribution in [0, 0.1) is 25.7 Å². The van der Waals surface area contributed by atoms with Crippen molar-refractivity contribution >= 4 is 11.9 Å². The second-order valence-electron chi connectivity index (χ2n) is 6.43. The van der Waals surface area contributed by atoms with Crippen LogP contribution in [0.1, 0.15) is 55.3 Å². The molecule has 0 heterocycles. The lowest BCUT2D eigenvalue weighted by atomic mass is 9.78. The van der Waals surface area contributed by atoms with E-state index in [1.807, 2.05) is 26.8 Å². The Morgan fingerprint density at radius 3 is 2.45 bits per heavy atom. The molecular formula is C18H25NO3. The van der Waals surface area contributed by atoms with Gasteiger partial charge < -0.3 is 10.4 Å². The fourth-order valence-corrected chi connectivity index (χ4v) is 3.36. The maximum Gasteiger partial charge on any atom is 0.307 e. The van der Waals surface area contributed by atoms with Gasteiger partial charge in [-0.1, -0.05) is 36.6 Å². The summed E-state index contributed by atoms with van der Waals surface area (Å²) in [6.07, 6.45) is 3.10. The van der Waals surface area contributed by atoms with Crippen LogP contribution in [0.15, 0.2) is 18.2 Å². The number of amides is 1. The van der Waals surface area contributed by atoms with Gasteiger partial charge in [0.1, 0.15) is 0 Å². The van der Waals surface area contributed by atoms with Crippen molar-refractivity contribution < 1.29 is 14.7 Å². The van der Waals surface area contributed by atoms with E-state index in [4.69, 9.17) is 0 Å². The number of nitrogens with one attached hydrogen (secondary N) is 1. The first kappa shape index (κ1) is 16.5. The van der Waals surface area contributed by atoms with Gasteiger partial charge in [-0.15, -0.1) is 0 Å². The maximum absolute atomic E-state index is 12.5. The van der Waals surface area contributed by atoms with Crippen molar-refractivity contribution in [2.24, 2.45) is 11.8 Å². The standard InChI is InChI=1S/C18H25NO3/c1-11-8-9-12(2)16(10-11)13(3)19-17(20)14-6-4-5-7-15(14)18(21)22/h8-10,13-15H,4-7H2,1-3H3,(H,19,20)(H,21,22)/t13-,14-,15+/m0/s1. The van der Waals surface area contributed by atoms with Crippen molar-refractivity contribution in [3.05, 3.63) is 34.9 Å². The molecule has 1 aromatic rings. The Kier molecular flexibility index (Phi) is 5.22. The Labute approximate surface area is 131 Å². The number of carbonyl (C=O) groups is 2. The first-order valence-corrected chi connectivity index (χ1v) is 8.00. The van der Waals surface area contributed by atoms with Crippen LogP contribution in [-0.2, 0) is 9.59 Å². The topological polar surface area (TPSA) is 66.4 Å². The Bertz CT molecular complexity index is 567. The van der Waals surface area contributed by atoms with Gasteiger partial charge in [0.05, 0.1) is 17.9 Å². The minimum atomic E-state index is -0.848. The van der Waals surface area contributed by atoms with Crippen molar-refractivity contribution in [3.63, 3.8) is 0 Å². The van der Waals surface area contributed by atoms with Gasteiger partial charge in [-0.2, -0.15) is 0 Å². The zero-order valence-corrected chi connectivity index (χ0v) is 13.6. The molecule has 1 aromatic carbocycles. The Balaban J connectivity index is 2.10. The van der Waals surface area contributed by atoms with Gasteiger partial charge in [-0.05, 0) is 44.7 Å². The van der Waals surface area contributed by atoms with E-state index >= 15 is 0 Å². The average molecular weight is 303 g/mol. The molecule has 1 aliphatic rings. The fourth-order valence-electron chi connectivity index (χ4n) is 3.36. The zero-order valence-electron chi connectivity index (χ0n) is 13.6. The molecule has 1 amide bonds. The third-order valence-electron chi connectivity index (χ3n) is 4.68.